The molecule has 0 atom stereocenters. The molecule has 0 aliphatic carbocycles. The average molecular weight is 917 g/mol. The molecule has 0 heterocycles. The molecule has 0 saturated carbocycles. The number of halogens is 6. The van der Waals surface area contributed by atoms with Gasteiger partial charge >= 0.3 is 12.4 Å². The second kappa shape index (κ2) is 16.4. The molecule has 0 bridgehead atoms. The van der Waals surface area contributed by atoms with Gasteiger partial charge in [-0.15, -0.1) is 0 Å². The molecule has 0 unspecified atom stereocenters. The standard InChI is InChI=1S/C64H34F6/c65-63(66,67)61-19-11-39(12-20-61)1-3-41-7-15-45-27-53-37-59-33-51-25-43(9-17-47(51)29-55(59)35-57(53)31-49(45)23-41)5-6-44-10-18-48-30-56-36-58-32-50-24-42(4-2-40-13-21-62(22-14-40)64(68,69)70)8-16-46(50)28-54(58)38-60(56)34-52(48)26-44/h5-38H/b6-5+. The van der Waals surface area contributed by atoms with E-state index in [4.69, 9.17) is 0 Å². The number of alkyl halides is 6. The van der Waals surface area contributed by atoms with Gasteiger partial charge in [0.05, 0.1) is 11.1 Å². The van der Waals surface area contributed by atoms with E-state index in [2.05, 4.69) is 145 Å². The van der Waals surface area contributed by atoms with Crippen molar-refractivity contribution in [3.05, 3.63) is 239 Å². The van der Waals surface area contributed by atoms with E-state index in [0.717, 1.165) is 133 Å². The van der Waals surface area contributed by atoms with Crippen molar-refractivity contribution in [3.63, 3.8) is 0 Å². The van der Waals surface area contributed by atoms with E-state index in [-0.39, 0.29) is 0 Å². The Morgan fingerprint density at radius 2 is 0.457 bits per heavy atom. The van der Waals surface area contributed by atoms with Gasteiger partial charge in [-0.25, -0.2) is 0 Å². The predicted molar refractivity (Wildman–Crippen MR) is 277 cm³/mol. The van der Waals surface area contributed by atoms with E-state index in [1.807, 2.05) is 36.4 Å². The van der Waals surface area contributed by atoms with Crippen LogP contribution in [-0.2, 0) is 12.4 Å². The maximum absolute atomic E-state index is 13.0. The first-order valence-corrected chi connectivity index (χ1v) is 22.6. The van der Waals surface area contributed by atoms with Gasteiger partial charge in [0.25, 0.3) is 0 Å². The molecule has 0 radical (unpaired) electrons. The van der Waals surface area contributed by atoms with Gasteiger partial charge in [-0.1, -0.05) is 72.2 Å². The van der Waals surface area contributed by atoms with Crippen LogP contribution < -0.4 is 0 Å². The first-order valence-electron chi connectivity index (χ1n) is 22.6. The van der Waals surface area contributed by atoms with E-state index in [1.54, 1.807) is 0 Å². The van der Waals surface area contributed by atoms with E-state index >= 15 is 0 Å². The molecule has 0 nitrogen and oxygen atoms in total. The molecular weight excluding hydrogens is 883 g/mol. The monoisotopic (exact) mass is 916 g/mol. The third-order valence-electron chi connectivity index (χ3n) is 13.1. The number of rotatable bonds is 2. The number of hydrogen-bond donors (Lipinski definition) is 0. The summed E-state index contributed by atoms with van der Waals surface area (Å²) in [7, 11) is 0. The SMILES string of the molecule is FC(F)(F)c1ccc(C#Cc2ccc3cc4cc5cc6cc(/C=C/c7ccc8cc9cc%10cc%11cc(C#Cc%12ccc(C(F)(F)F)cc%12)ccc%11cc%10cc9cc8c7)ccc6cc5cc4cc3c2)cc1. The van der Waals surface area contributed by atoms with Crippen molar-refractivity contribution in [2.45, 2.75) is 12.4 Å². The second-order valence-corrected chi connectivity index (χ2v) is 17.8. The minimum atomic E-state index is -4.38. The van der Waals surface area contributed by atoms with Crippen LogP contribution in [0.3, 0.4) is 0 Å². The Morgan fingerprint density at radius 1 is 0.229 bits per heavy atom. The maximum Gasteiger partial charge on any atom is 0.416 e. The van der Waals surface area contributed by atoms with Gasteiger partial charge < -0.3 is 0 Å². The molecule has 0 N–H and O–H groups in total. The van der Waals surface area contributed by atoms with Crippen LogP contribution in [0.25, 0.3) is 98.3 Å². The first-order chi connectivity index (χ1) is 33.8. The Morgan fingerprint density at radius 3 is 0.757 bits per heavy atom. The summed E-state index contributed by atoms with van der Waals surface area (Å²) >= 11 is 0. The van der Waals surface area contributed by atoms with Gasteiger partial charge in [0.15, 0.2) is 0 Å². The smallest absolute Gasteiger partial charge is 0.166 e. The fourth-order valence-corrected chi connectivity index (χ4v) is 9.37. The highest BCUT2D eigenvalue weighted by molar-refractivity contribution is 6.10. The number of benzene rings is 12. The van der Waals surface area contributed by atoms with Crippen LogP contribution in [0.1, 0.15) is 44.5 Å². The third-order valence-corrected chi connectivity index (χ3v) is 13.1. The van der Waals surface area contributed by atoms with Gasteiger partial charge in [-0.2, -0.15) is 26.3 Å². The zero-order valence-electron chi connectivity index (χ0n) is 36.9. The fourth-order valence-electron chi connectivity index (χ4n) is 9.37. The van der Waals surface area contributed by atoms with Crippen molar-refractivity contribution in [2.75, 3.05) is 0 Å². The molecule has 0 aromatic heterocycles. The Hall–Kier alpha value is -8.84. The van der Waals surface area contributed by atoms with Crippen LogP contribution in [0.2, 0.25) is 0 Å². The predicted octanol–water partition coefficient (Wildman–Crippen LogP) is 17.9. The van der Waals surface area contributed by atoms with Crippen molar-refractivity contribution >= 4 is 98.3 Å². The van der Waals surface area contributed by atoms with E-state index in [9.17, 15) is 26.3 Å². The number of hydrogen-bond acceptors (Lipinski definition) is 0. The van der Waals surface area contributed by atoms with Gasteiger partial charge in [-0.05, 0) is 255 Å². The first kappa shape index (κ1) is 42.5. The van der Waals surface area contributed by atoms with Crippen LogP contribution in [-0.4, -0.2) is 0 Å². The topological polar surface area (TPSA) is 0 Å². The van der Waals surface area contributed by atoms with Gasteiger partial charge in [-0.3, -0.25) is 0 Å². The molecule has 6 heteroatoms. The summed E-state index contributed by atoms with van der Waals surface area (Å²) < 4.78 is 77.9. The van der Waals surface area contributed by atoms with Crippen LogP contribution >= 0.6 is 0 Å². The van der Waals surface area contributed by atoms with Crippen molar-refractivity contribution in [1.82, 2.24) is 0 Å². The summed E-state index contributed by atoms with van der Waals surface area (Å²) in [4.78, 5) is 0. The summed E-state index contributed by atoms with van der Waals surface area (Å²) in [5.74, 6) is 12.2. The number of fused-ring (bicyclic) bond motifs is 8. The van der Waals surface area contributed by atoms with Crippen molar-refractivity contribution in [2.24, 2.45) is 0 Å². The second-order valence-electron chi connectivity index (χ2n) is 17.8. The lowest BCUT2D eigenvalue weighted by molar-refractivity contribution is -0.138. The zero-order valence-corrected chi connectivity index (χ0v) is 36.9. The van der Waals surface area contributed by atoms with E-state index < -0.39 is 23.5 Å². The van der Waals surface area contributed by atoms with E-state index in [1.165, 1.54) is 24.3 Å². The largest absolute Gasteiger partial charge is 0.416 e. The lowest BCUT2D eigenvalue weighted by atomic mass is 9.96. The summed E-state index contributed by atoms with van der Waals surface area (Å²) in [5.41, 5.74) is 3.44. The highest BCUT2D eigenvalue weighted by Gasteiger charge is 2.30. The molecule has 0 fully saturated rings. The molecule has 0 saturated heterocycles. The zero-order chi connectivity index (χ0) is 47.7. The molecule has 332 valence electrons. The Balaban J connectivity index is 0.780. The third kappa shape index (κ3) is 8.42. The fraction of sp³-hybridized carbons (Fsp3) is 0.0312. The Bertz CT molecular complexity index is 4020. The quantitative estimate of drug-likeness (QED) is 0.0702. The van der Waals surface area contributed by atoms with Crippen LogP contribution in [0.5, 0.6) is 0 Å². The summed E-state index contributed by atoms with van der Waals surface area (Å²) in [5, 5.41) is 17.9. The molecule has 0 aliphatic rings. The van der Waals surface area contributed by atoms with Crippen molar-refractivity contribution in [1.29, 1.82) is 0 Å². The lowest BCUT2D eigenvalue weighted by Crippen LogP contribution is -2.04. The van der Waals surface area contributed by atoms with Crippen LogP contribution in [0.15, 0.2) is 194 Å². The Labute approximate surface area is 397 Å². The molecular formula is C64H34F6. The minimum absolute atomic E-state index is 0.521. The molecule has 0 amide bonds. The lowest BCUT2D eigenvalue weighted by Gasteiger charge is -2.08. The van der Waals surface area contributed by atoms with E-state index in [0.29, 0.717) is 11.1 Å². The van der Waals surface area contributed by atoms with Crippen molar-refractivity contribution in [3.8, 4) is 23.7 Å². The Kier molecular flexibility index (Phi) is 9.99. The highest BCUT2D eigenvalue weighted by atomic mass is 19.4. The maximum atomic E-state index is 13.0. The molecule has 12 aromatic carbocycles. The molecule has 12 rings (SSSR count). The van der Waals surface area contributed by atoms with Gasteiger partial charge in [0.2, 0.25) is 0 Å². The highest BCUT2D eigenvalue weighted by Crippen LogP contribution is 2.35. The van der Waals surface area contributed by atoms with Crippen LogP contribution in [0.4, 0.5) is 26.3 Å². The minimum Gasteiger partial charge on any atom is -0.166 e. The molecule has 12 aromatic rings. The summed E-state index contributed by atoms with van der Waals surface area (Å²) in [6, 6.07) is 61.5. The average Bonchev–Trinajstić information content (AvgIpc) is 3.35. The normalized spacial score (nSPS) is 12.1. The van der Waals surface area contributed by atoms with Gasteiger partial charge in [0, 0.05) is 22.3 Å². The van der Waals surface area contributed by atoms with Gasteiger partial charge in [0.1, 0.15) is 0 Å². The molecule has 0 spiro atoms. The summed E-state index contributed by atoms with van der Waals surface area (Å²) in [6.45, 7) is 0. The summed E-state index contributed by atoms with van der Waals surface area (Å²) in [6.07, 6.45) is -4.44. The van der Waals surface area contributed by atoms with Crippen molar-refractivity contribution < 1.29 is 26.3 Å². The molecule has 70 heavy (non-hydrogen) atoms. The molecule has 0 aliphatic heterocycles. The van der Waals surface area contributed by atoms with Crippen LogP contribution in [0, 0.1) is 23.7 Å².